The van der Waals surface area contributed by atoms with Gasteiger partial charge in [-0.3, -0.25) is 0 Å². The van der Waals surface area contributed by atoms with Crippen LogP contribution in [0.5, 0.6) is 5.75 Å². The van der Waals surface area contributed by atoms with E-state index in [1.54, 1.807) is 18.4 Å². The maximum Gasteiger partial charge on any atom is 0.230 e. The third-order valence-corrected chi connectivity index (χ3v) is 4.38. The standard InChI is InChI=1S/C16H16N2O2S/c1-3-10-7-8-21-15(10)14-13(16(17)20-18-14)11-5-4-6-12(9-11)19-2/h4-9H,3,17H2,1-2H3. The molecule has 0 spiro atoms. The highest BCUT2D eigenvalue weighted by molar-refractivity contribution is 7.13. The fourth-order valence-electron chi connectivity index (χ4n) is 2.34. The van der Waals surface area contributed by atoms with Crippen LogP contribution in [-0.2, 0) is 6.42 Å². The molecule has 2 N–H and O–H groups in total. The van der Waals surface area contributed by atoms with Crippen LogP contribution in [-0.4, -0.2) is 12.3 Å². The van der Waals surface area contributed by atoms with Crippen molar-refractivity contribution in [3.63, 3.8) is 0 Å². The number of hydrogen-bond acceptors (Lipinski definition) is 5. The van der Waals surface area contributed by atoms with E-state index in [1.807, 2.05) is 24.3 Å². The molecular weight excluding hydrogens is 284 g/mol. The molecule has 0 amide bonds. The highest BCUT2D eigenvalue weighted by Gasteiger charge is 2.20. The number of methoxy groups -OCH3 is 1. The van der Waals surface area contributed by atoms with Crippen LogP contribution in [0.25, 0.3) is 21.7 Å². The summed E-state index contributed by atoms with van der Waals surface area (Å²) in [5.74, 6) is 1.11. The van der Waals surface area contributed by atoms with E-state index in [4.69, 9.17) is 15.0 Å². The molecule has 4 nitrogen and oxygen atoms in total. The fraction of sp³-hybridized carbons (Fsp3) is 0.188. The van der Waals surface area contributed by atoms with Crippen LogP contribution >= 0.6 is 11.3 Å². The number of rotatable bonds is 4. The number of nitrogens with zero attached hydrogens (tertiary/aromatic N) is 1. The summed E-state index contributed by atoms with van der Waals surface area (Å²) in [5.41, 5.74) is 9.81. The van der Waals surface area contributed by atoms with E-state index in [-0.39, 0.29) is 0 Å². The second-order valence-corrected chi connectivity index (χ2v) is 5.55. The Bertz CT molecular complexity index is 761. The van der Waals surface area contributed by atoms with E-state index in [1.165, 1.54) is 5.56 Å². The van der Waals surface area contributed by atoms with Gasteiger partial charge < -0.3 is 15.0 Å². The van der Waals surface area contributed by atoms with Crippen LogP contribution in [0.1, 0.15) is 12.5 Å². The average Bonchev–Trinajstić information content (AvgIpc) is 3.13. The lowest BCUT2D eigenvalue weighted by Gasteiger charge is -2.05. The lowest BCUT2D eigenvalue weighted by molar-refractivity contribution is 0.415. The summed E-state index contributed by atoms with van der Waals surface area (Å²) in [5, 5.41) is 6.23. The van der Waals surface area contributed by atoms with Gasteiger partial charge in [0.25, 0.3) is 0 Å². The SMILES string of the molecule is CCc1ccsc1-c1noc(N)c1-c1cccc(OC)c1. The molecule has 3 aromatic rings. The Labute approximate surface area is 127 Å². The van der Waals surface area contributed by atoms with Gasteiger partial charge >= 0.3 is 0 Å². The van der Waals surface area contributed by atoms with Gasteiger partial charge in [-0.15, -0.1) is 11.3 Å². The Morgan fingerprint density at radius 1 is 1.33 bits per heavy atom. The van der Waals surface area contributed by atoms with Crippen molar-refractivity contribution in [1.82, 2.24) is 5.16 Å². The summed E-state index contributed by atoms with van der Waals surface area (Å²) in [6, 6.07) is 9.86. The minimum absolute atomic E-state index is 0.328. The molecule has 2 heterocycles. The lowest BCUT2D eigenvalue weighted by atomic mass is 10.0. The molecule has 0 fully saturated rings. The molecule has 3 rings (SSSR count). The van der Waals surface area contributed by atoms with Crippen LogP contribution in [0.4, 0.5) is 5.88 Å². The van der Waals surface area contributed by atoms with Gasteiger partial charge in [0.05, 0.1) is 17.6 Å². The molecule has 0 radical (unpaired) electrons. The first-order valence-corrected chi connectivity index (χ1v) is 7.58. The quantitative estimate of drug-likeness (QED) is 0.783. The van der Waals surface area contributed by atoms with Crippen molar-refractivity contribution in [2.45, 2.75) is 13.3 Å². The number of aryl methyl sites for hydroxylation is 1. The molecule has 5 heteroatoms. The van der Waals surface area contributed by atoms with Crippen molar-refractivity contribution in [2.75, 3.05) is 12.8 Å². The molecule has 0 bridgehead atoms. The summed E-state index contributed by atoms with van der Waals surface area (Å²) in [6.45, 7) is 2.13. The van der Waals surface area contributed by atoms with Gasteiger partial charge in [0.15, 0.2) is 0 Å². The van der Waals surface area contributed by atoms with E-state index in [2.05, 4.69) is 23.5 Å². The first-order valence-electron chi connectivity index (χ1n) is 6.71. The van der Waals surface area contributed by atoms with Gasteiger partial charge in [0, 0.05) is 0 Å². The Morgan fingerprint density at radius 3 is 2.95 bits per heavy atom. The van der Waals surface area contributed by atoms with E-state index < -0.39 is 0 Å². The molecule has 1 aromatic carbocycles. The largest absolute Gasteiger partial charge is 0.497 e. The zero-order valence-electron chi connectivity index (χ0n) is 11.9. The lowest BCUT2D eigenvalue weighted by Crippen LogP contribution is -1.89. The Kier molecular flexibility index (Phi) is 3.66. The van der Waals surface area contributed by atoms with Gasteiger partial charge in [-0.1, -0.05) is 24.2 Å². The van der Waals surface area contributed by atoms with E-state index in [0.717, 1.165) is 33.9 Å². The molecule has 0 aliphatic heterocycles. The minimum Gasteiger partial charge on any atom is -0.497 e. The van der Waals surface area contributed by atoms with Crippen molar-refractivity contribution in [2.24, 2.45) is 0 Å². The highest BCUT2D eigenvalue weighted by atomic mass is 32.1. The van der Waals surface area contributed by atoms with Crippen LogP contribution in [0.3, 0.4) is 0 Å². The van der Waals surface area contributed by atoms with E-state index in [9.17, 15) is 0 Å². The Hall–Kier alpha value is -2.27. The molecule has 0 aliphatic carbocycles. The zero-order valence-corrected chi connectivity index (χ0v) is 12.7. The number of thiophene rings is 1. The van der Waals surface area contributed by atoms with Crippen molar-refractivity contribution >= 4 is 17.2 Å². The van der Waals surface area contributed by atoms with Gasteiger partial charge in [0.2, 0.25) is 5.88 Å². The average molecular weight is 300 g/mol. The number of nitrogen functional groups attached to an aromatic ring is 1. The summed E-state index contributed by atoms with van der Waals surface area (Å²) >= 11 is 1.65. The van der Waals surface area contributed by atoms with Crippen LogP contribution in [0.15, 0.2) is 40.2 Å². The van der Waals surface area contributed by atoms with Gasteiger partial charge in [-0.05, 0) is 41.1 Å². The maximum absolute atomic E-state index is 6.00. The number of hydrogen-bond donors (Lipinski definition) is 1. The number of nitrogens with two attached hydrogens (primary N) is 1. The second-order valence-electron chi connectivity index (χ2n) is 4.63. The van der Waals surface area contributed by atoms with Gasteiger partial charge in [0.1, 0.15) is 11.4 Å². The predicted molar refractivity (Wildman–Crippen MR) is 85.6 cm³/mol. The first kappa shape index (κ1) is 13.7. The van der Waals surface area contributed by atoms with E-state index >= 15 is 0 Å². The van der Waals surface area contributed by atoms with Crippen molar-refractivity contribution < 1.29 is 9.26 Å². The van der Waals surface area contributed by atoms with E-state index in [0.29, 0.717) is 5.88 Å². The van der Waals surface area contributed by atoms with Crippen LogP contribution in [0.2, 0.25) is 0 Å². The van der Waals surface area contributed by atoms with Gasteiger partial charge in [-0.25, -0.2) is 0 Å². The molecule has 0 saturated carbocycles. The topological polar surface area (TPSA) is 61.3 Å². The summed E-state index contributed by atoms with van der Waals surface area (Å²) in [6.07, 6.45) is 0.948. The summed E-state index contributed by atoms with van der Waals surface area (Å²) < 4.78 is 10.5. The third-order valence-electron chi connectivity index (χ3n) is 3.42. The number of anilines is 1. The van der Waals surface area contributed by atoms with Crippen molar-refractivity contribution in [3.05, 3.63) is 41.3 Å². The van der Waals surface area contributed by atoms with Gasteiger partial charge in [-0.2, -0.15) is 0 Å². The Morgan fingerprint density at radius 2 is 2.19 bits per heavy atom. The molecule has 21 heavy (non-hydrogen) atoms. The zero-order chi connectivity index (χ0) is 14.8. The van der Waals surface area contributed by atoms with Crippen molar-refractivity contribution in [3.8, 4) is 27.4 Å². The molecular formula is C16H16N2O2S. The molecule has 0 unspecified atom stereocenters. The molecule has 2 aromatic heterocycles. The predicted octanol–water partition coefficient (Wildman–Crippen LogP) is 4.22. The maximum atomic E-state index is 6.00. The number of ether oxygens (including phenoxy) is 1. The number of aromatic nitrogens is 1. The Balaban J connectivity index is 2.17. The molecule has 0 saturated heterocycles. The molecule has 108 valence electrons. The van der Waals surface area contributed by atoms with Crippen molar-refractivity contribution in [1.29, 1.82) is 0 Å². The smallest absolute Gasteiger partial charge is 0.230 e. The number of benzene rings is 1. The first-order chi connectivity index (χ1) is 10.2. The summed E-state index contributed by atoms with van der Waals surface area (Å²) in [4.78, 5) is 1.11. The highest BCUT2D eigenvalue weighted by Crippen LogP contribution is 2.40. The third kappa shape index (κ3) is 2.40. The second kappa shape index (κ2) is 5.61. The molecule has 0 atom stereocenters. The molecule has 0 aliphatic rings. The minimum atomic E-state index is 0.328. The monoisotopic (exact) mass is 300 g/mol. The van der Waals surface area contributed by atoms with Crippen LogP contribution in [0, 0.1) is 0 Å². The fourth-order valence-corrected chi connectivity index (χ4v) is 3.32. The summed E-state index contributed by atoms with van der Waals surface area (Å²) in [7, 11) is 1.64. The normalized spacial score (nSPS) is 10.8. The van der Waals surface area contributed by atoms with Crippen LogP contribution < -0.4 is 10.5 Å².